The van der Waals surface area contributed by atoms with Crippen LogP contribution in [0.15, 0.2) is 109 Å². The van der Waals surface area contributed by atoms with Gasteiger partial charge < -0.3 is 14.2 Å². The van der Waals surface area contributed by atoms with Crippen molar-refractivity contribution in [3.8, 4) is 0 Å². The lowest BCUT2D eigenvalue weighted by atomic mass is 10.0. The second kappa shape index (κ2) is 66.6. The molecule has 0 rings (SSSR count). The van der Waals surface area contributed by atoms with E-state index in [2.05, 4.69) is 130 Å². The second-order valence-electron chi connectivity index (χ2n) is 22.0. The van der Waals surface area contributed by atoms with Gasteiger partial charge in [0.25, 0.3) is 0 Å². The summed E-state index contributed by atoms with van der Waals surface area (Å²) in [5, 5.41) is 0. The molecule has 6 heteroatoms. The van der Waals surface area contributed by atoms with Crippen molar-refractivity contribution in [1.29, 1.82) is 0 Å². The van der Waals surface area contributed by atoms with Gasteiger partial charge in [-0.05, 0) is 122 Å². The van der Waals surface area contributed by atoms with Crippen LogP contribution in [0.3, 0.4) is 0 Å². The summed E-state index contributed by atoms with van der Waals surface area (Å²) in [5.74, 6) is -0.905. The lowest BCUT2D eigenvalue weighted by Gasteiger charge is -2.18. The minimum Gasteiger partial charge on any atom is -0.462 e. The normalized spacial score (nSPS) is 12.8. The lowest BCUT2D eigenvalue weighted by Crippen LogP contribution is -2.30. The van der Waals surface area contributed by atoms with E-state index in [4.69, 9.17) is 14.2 Å². The van der Waals surface area contributed by atoms with Gasteiger partial charge in [-0.2, -0.15) is 0 Å². The standard InChI is InChI=1S/C73H124O6/c1-4-7-10-13-16-19-22-25-27-29-31-33-35-36-38-39-41-43-45-48-51-54-57-60-63-66-72(75)78-69-70(68-77-71(74)65-62-59-56-53-50-47-24-21-18-15-12-9-6-3)79-73(76)67-64-61-58-55-52-49-46-44-42-40-37-34-32-30-28-26-23-20-17-14-11-8-5-2/h8,11-12,15,17,20-22,24-26,28-29,31-32,34,40,42,70H,4-7,9-10,13-14,16,18-19,23,27,30,33,35-39,41,43-69H2,1-3H3/b11-8-,15-12-,20-17-,24-21-,25-22-,28-26-,31-29-,34-32-,42-40-. The van der Waals surface area contributed by atoms with Gasteiger partial charge in [0.2, 0.25) is 0 Å². The van der Waals surface area contributed by atoms with Gasteiger partial charge in [0, 0.05) is 19.3 Å². The molecule has 0 saturated carbocycles. The van der Waals surface area contributed by atoms with Gasteiger partial charge in [-0.3, -0.25) is 14.4 Å². The van der Waals surface area contributed by atoms with Crippen molar-refractivity contribution in [1.82, 2.24) is 0 Å². The highest BCUT2D eigenvalue weighted by atomic mass is 16.6. The van der Waals surface area contributed by atoms with Crippen molar-refractivity contribution in [2.24, 2.45) is 0 Å². The average Bonchev–Trinajstić information content (AvgIpc) is 3.45. The fourth-order valence-electron chi connectivity index (χ4n) is 9.24. The molecule has 0 amide bonds. The molecule has 0 spiro atoms. The highest BCUT2D eigenvalue weighted by Crippen LogP contribution is 2.16. The number of carbonyl (C=O) groups excluding carboxylic acids is 3. The molecule has 0 fully saturated rings. The first kappa shape index (κ1) is 75.1. The molecule has 0 saturated heterocycles. The predicted octanol–water partition coefficient (Wildman–Crippen LogP) is 23.0. The summed E-state index contributed by atoms with van der Waals surface area (Å²) in [6, 6.07) is 0. The minimum atomic E-state index is -0.793. The Morgan fingerprint density at radius 2 is 0.519 bits per heavy atom. The molecule has 6 nitrogen and oxygen atoms in total. The molecular weight excluding hydrogens is 973 g/mol. The number of hydrogen-bond acceptors (Lipinski definition) is 6. The van der Waals surface area contributed by atoms with Crippen molar-refractivity contribution < 1.29 is 28.6 Å². The van der Waals surface area contributed by atoms with Crippen molar-refractivity contribution in [3.63, 3.8) is 0 Å². The van der Waals surface area contributed by atoms with Gasteiger partial charge in [0.05, 0.1) is 0 Å². The Bertz CT molecular complexity index is 1590. The molecule has 0 aromatic rings. The van der Waals surface area contributed by atoms with E-state index in [1.807, 2.05) is 0 Å². The van der Waals surface area contributed by atoms with Crippen LogP contribution in [-0.2, 0) is 28.6 Å². The molecule has 79 heavy (non-hydrogen) atoms. The van der Waals surface area contributed by atoms with E-state index in [1.165, 1.54) is 141 Å². The maximum atomic E-state index is 12.9. The van der Waals surface area contributed by atoms with Crippen molar-refractivity contribution in [3.05, 3.63) is 109 Å². The first-order valence-corrected chi connectivity index (χ1v) is 33.4. The SMILES string of the molecule is CC/C=C\C/C=C\C/C=C\C/C=C\C/C=C\CCCCCCCCCC(=O)OC(COC(=O)CCCCCCC/C=C\C/C=C\CCC)COC(=O)CCCCCCCCCCCCCCC/C=C\C/C=C\CCCCCCC. The summed E-state index contributed by atoms with van der Waals surface area (Å²) in [7, 11) is 0. The number of hydrogen-bond donors (Lipinski definition) is 0. The maximum Gasteiger partial charge on any atom is 0.306 e. The van der Waals surface area contributed by atoms with E-state index in [0.29, 0.717) is 19.3 Å². The molecule has 0 N–H and O–H groups in total. The smallest absolute Gasteiger partial charge is 0.306 e. The third kappa shape index (κ3) is 64.8. The van der Waals surface area contributed by atoms with Crippen LogP contribution >= 0.6 is 0 Å². The van der Waals surface area contributed by atoms with Crippen LogP contribution in [0, 0.1) is 0 Å². The summed E-state index contributed by atoms with van der Waals surface area (Å²) in [6.07, 6.45) is 91.0. The van der Waals surface area contributed by atoms with E-state index < -0.39 is 6.10 Å². The quantitative estimate of drug-likeness (QED) is 0.0261. The van der Waals surface area contributed by atoms with Gasteiger partial charge in [-0.15, -0.1) is 0 Å². The van der Waals surface area contributed by atoms with Gasteiger partial charge in [0.1, 0.15) is 13.2 Å². The largest absolute Gasteiger partial charge is 0.462 e. The molecule has 0 aliphatic carbocycles. The topological polar surface area (TPSA) is 78.9 Å². The molecule has 0 heterocycles. The number of rotatable bonds is 60. The second-order valence-corrected chi connectivity index (χ2v) is 22.0. The Labute approximate surface area is 489 Å². The van der Waals surface area contributed by atoms with Crippen molar-refractivity contribution >= 4 is 17.9 Å². The Kier molecular flexibility index (Phi) is 63.3. The van der Waals surface area contributed by atoms with E-state index in [9.17, 15) is 14.4 Å². The first-order chi connectivity index (χ1) is 39.0. The number of allylic oxidation sites excluding steroid dienone is 18. The molecule has 452 valence electrons. The number of carbonyl (C=O) groups is 3. The molecule has 0 bridgehead atoms. The van der Waals surface area contributed by atoms with Crippen LogP contribution in [0.4, 0.5) is 0 Å². The van der Waals surface area contributed by atoms with Crippen LogP contribution < -0.4 is 0 Å². The van der Waals surface area contributed by atoms with Crippen molar-refractivity contribution in [2.75, 3.05) is 13.2 Å². The van der Waals surface area contributed by atoms with Crippen molar-refractivity contribution in [2.45, 2.75) is 322 Å². The van der Waals surface area contributed by atoms with E-state index in [1.54, 1.807) is 0 Å². The first-order valence-electron chi connectivity index (χ1n) is 33.4. The molecule has 1 unspecified atom stereocenters. The van der Waals surface area contributed by atoms with E-state index in [0.717, 1.165) is 135 Å². The predicted molar refractivity (Wildman–Crippen MR) is 343 cm³/mol. The van der Waals surface area contributed by atoms with Crippen LogP contribution in [0.5, 0.6) is 0 Å². The van der Waals surface area contributed by atoms with Crippen LogP contribution in [0.1, 0.15) is 316 Å². The highest BCUT2D eigenvalue weighted by molar-refractivity contribution is 5.71. The van der Waals surface area contributed by atoms with Gasteiger partial charge >= 0.3 is 17.9 Å². The zero-order valence-corrected chi connectivity index (χ0v) is 51.9. The van der Waals surface area contributed by atoms with Crippen LogP contribution in [-0.4, -0.2) is 37.2 Å². The Balaban J connectivity index is 4.34. The van der Waals surface area contributed by atoms with Gasteiger partial charge in [-0.25, -0.2) is 0 Å². The summed E-state index contributed by atoms with van der Waals surface area (Å²) >= 11 is 0. The number of ether oxygens (including phenoxy) is 3. The third-order valence-electron chi connectivity index (χ3n) is 14.2. The molecule has 0 aliphatic heterocycles. The fourth-order valence-corrected chi connectivity index (χ4v) is 9.24. The number of unbranched alkanes of at least 4 members (excludes halogenated alkanes) is 31. The summed E-state index contributed by atoms with van der Waals surface area (Å²) in [5.41, 5.74) is 0. The van der Waals surface area contributed by atoms with Crippen LogP contribution in [0.25, 0.3) is 0 Å². The molecule has 0 aromatic heterocycles. The molecule has 0 radical (unpaired) electrons. The Hall–Kier alpha value is -3.93. The molecule has 1 atom stereocenters. The monoisotopic (exact) mass is 1100 g/mol. The van der Waals surface area contributed by atoms with Gasteiger partial charge in [0.15, 0.2) is 6.10 Å². The van der Waals surface area contributed by atoms with E-state index >= 15 is 0 Å². The minimum absolute atomic E-state index is 0.0876. The van der Waals surface area contributed by atoms with E-state index in [-0.39, 0.29) is 31.1 Å². The van der Waals surface area contributed by atoms with Crippen LogP contribution in [0.2, 0.25) is 0 Å². The Morgan fingerprint density at radius 1 is 0.266 bits per heavy atom. The zero-order valence-electron chi connectivity index (χ0n) is 51.9. The zero-order chi connectivity index (χ0) is 57.1. The fraction of sp³-hybridized carbons (Fsp3) is 0.712. The molecular formula is C73H124O6. The molecule has 0 aromatic carbocycles. The third-order valence-corrected chi connectivity index (χ3v) is 14.2. The summed E-state index contributed by atoms with van der Waals surface area (Å²) in [6.45, 7) is 6.46. The Morgan fingerprint density at radius 3 is 0.823 bits per heavy atom. The maximum absolute atomic E-state index is 12.9. The highest BCUT2D eigenvalue weighted by Gasteiger charge is 2.19. The van der Waals surface area contributed by atoms with Gasteiger partial charge in [-0.1, -0.05) is 284 Å². The summed E-state index contributed by atoms with van der Waals surface area (Å²) < 4.78 is 16.9. The molecule has 0 aliphatic rings. The number of esters is 3. The average molecular weight is 1100 g/mol. The lowest BCUT2D eigenvalue weighted by molar-refractivity contribution is -0.167. The summed E-state index contributed by atoms with van der Waals surface area (Å²) in [4.78, 5) is 38.4.